The van der Waals surface area contributed by atoms with Crippen LogP contribution in [0, 0.1) is 19.9 Å². The van der Waals surface area contributed by atoms with E-state index in [1.807, 2.05) is 30.7 Å². The second-order valence-corrected chi connectivity index (χ2v) is 14.9. The molecule has 0 bridgehead atoms. The first kappa shape index (κ1) is 34.3. The maximum Gasteiger partial charge on any atom is 0.148 e. The zero-order valence-electron chi connectivity index (χ0n) is 29.3. The second-order valence-electron chi connectivity index (χ2n) is 14.9. The van der Waals surface area contributed by atoms with Crippen LogP contribution in [0.15, 0.2) is 97.5 Å². The summed E-state index contributed by atoms with van der Waals surface area (Å²) in [5.41, 5.74) is 12.6. The number of nitrogens with zero attached hydrogens (tertiary/aromatic N) is 4. The Morgan fingerprint density at radius 1 is 0.673 bits per heavy atom. The van der Waals surface area contributed by atoms with Gasteiger partial charge in [0.25, 0.3) is 0 Å². The zero-order valence-corrected chi connectivity index (χ0v) is 31.6. The van der Waals surface area contributed by atoms with E-state index in [0.717, 1.165) is 61.0 Å². The minimum atomic E-state index is -0.106. The first-order valence-electron chi connectivity index (χ1n) is 16.5. The number of aromatic nitrogens is 4. The number of aryl methyl sites for hydroxylation is 2. The molecule has 0 atom stereocenters. The van der Waals surface area contributed by atoms with Crippen molar-refractivity contribution in [2.45, 2.75) is 66.2 Å². The van der Waals surface area contributed by atoms with Gasteiger partial charge in [0.2, 0.25) is 0 Å². The molecule has 0 radical (unpaired) electrons. The Morgan fingerprint density at radius 3 is 2.00 bits per heavy atom. The molecule has 0 fully saturated rings. The van der Waals surface area contributed by atoms with Crippen LogP contribution in [0.5, 0.6) is 5.75 Å². The van der Waals surface area contributed by atoms with Gasteiger partial charge in [-0.15, -0.1) is 6.07 Å². The largest absolute Gasteiger partial charge is 0.507 e. The normalized spacial score (nSPS) is 12.0. The number of hydrogen-bond acceptors (Lipinski definition) is 4. The third-order valence-electron chi connectivity index (χ3n) is 9.35. The molecule has 0 aliphatic rings. The van der Waals surface area contributed by atoms with Gasteiger partial charge in [-0.05, 0) is 95.0 Å². The van der Waals surface area contributed by atoms with Gasteiger partial charge in [-0.2, -0.15) is 0 Å². The molecule has 0 saturated heterocycles. The molecule has 7 aromatic rings. The van der Waals surface area contributed by atoms with Crippen molar-refractivity contribution in [3.63, 3.8) is 0 Å². The monoisotopic (exact) mass is 824 g/mol. The summed E-state index contributed by atoms with van der Waals surface area (Å²) in [5, 5.41) is 12.5. The van der Waals surface area contributed by atoms with Gasteiger partial charge in [-0.25, -0.2) is 4.98 Å². The summed E-state index contributed by atoms with van der Waals surface area (Å²) < 4.78 is 2.19. The van der Waals surface area contributed by atoms with Gasteiger partial charge in [0.1, 0.15) is 11.6 Å². The third kappa shape index (κ3) is 6.21. The SMILES string of the molecule is Cc1ccnc2c(-c3[c-]c(-c4ccc(C)c5c4nc(-c4cc(C(C)(C)C)ccc4O)n5-c4ccc(C(C)(C)C)cc4)cnc3)cccc12.[Pt]. The molecule has 5 nitrogen and oxygen atoms in total. The molecule has 49 heavy (non-hydrogen) atoms. The van der Waals surface area contributed by atoms with Gasteiger partial charge in [0.15, 0.2) is 0 Å². The number of phenolic OH excluding ortho intramolecular Hbond substituents is 1. The molecule has 4 aromatic carbocycles. The predicted octanol–water partition coefficient (Wildman–Crippen LogP) is 10.7. The Kier molecular flexibility index (Phi) is 8.88. The van der Waals surface area contributed by atoms with Gasteiger partial charge in [-0.1, -0.05) is 112 Å². The van der Waals surface area contributed by atoms with E-state index >= 15 is 0 Å². The number of fused-ring (bicyclic) bond motifs is 2. The van der Waals surface area contributed by atoms with Crippen LogP contribution in [0.25, 0.3) is 61.3 Å². The van der Waals surface area contributed by atoms with E-state index < -0.39 is 0 Å². The smallest absolute Gasteiger partial charge is 0.148 e. The predicted molar refractivity (Wildman–Crippen MR) is 198 cm³/mol. The second kappa shape index (κ2) is 12.7. The summed E-state index contributed by atoms with van der Waals surface area (Å²) in [5.74, 6) is 0.879. The molecule has 0 spiro atoms. The van der Waals surface area contributed by atoms with E-state index in [2.05, 4.69) is 127 Å². The summed E-state index contributed by atoms with van der Waals surface area (Å²) in [6, 6.07) is 30.8. The molecule has 250 valence electrons. The van der Waals surface area contributed by atoms with E-state index in [1.165, 1.54) is 11.1 Å². The average Bonchev–Trinajstić information content (AvgIpc) is 3.45. The number of benzene rings is 4. The van der Waals surface area contributed by atoms with E-state index in [-0.39, 0.29) is 37.6 Å². The molecule has 1 N–H and O–H groups in total. The molecule has 7 rings (SSSR count). The first-order valence-corrected chi connectivity index (χ1v) is 16.5. The fourth-order valence-corrected chi connectivity index (χ4v) is 6.48. The fraction of sp³-hybridized carbons (Fsp3) is 0.233. The first-order chi connectivity index (χ1) is 22.8. The number of rotatable bonds is 4. The van der Waals surface area contributed by atoms with Gasteiger partial charge in [0.05, 0.1) is 16.6 Å². The van der Waals surface area contributed by atoms with Crippen LogP contribution in [0.3, 0.4) is 0 Å². The molecule has 3 aromatic heterocycles. The van der Waals surface area contributed by atoms with Gasteiger partial charge >= 0.3 is 0 Å². The Bertz CT molecular complexity index is 2340. The number of pyridine rings is 2. The van der Waals surface area contributed by atoms with Crippen LogP contribution in [-0.2, 0) is 31.9 Å². The summed E-state index contributed by atoms with van der Waals surface area (Å²) in [6.07, 6.45) is 5.56. The van der Waals surface area contributed by atoms with Gasteiger partial charge < -0.3 is 10.1 Å². The molecule has 0 saturated carbocycles. The Hall–Kier alpha value is -4.60. The molecule has 0 aliphatic carbocycles. The van der Waals surface area contributed by atoms with Crippen LogP contribution in [0.4, 0.5) is 0 Å². The topological polar surface area (TPSA) is 63.8 Å². The quantitative estimate of drug-likeness (QED) is 0.180. The molecule has 0 unspecified atom stereocenters. The zero-order chi connectivity index (χ0) is 34.0. The molecule has 6 heteroatoms. The number of hydrogen-bond donors (Lipinski definition) is 1. The van der Waals surface area contributed by atoms with Crippen molar-refractivity contribution in [3.05, 3.63) is 126 Å². The van der Waals surface area contributed by atoms with E-state index in [4.69, 9.17) is 15.0 Å². The number of aromatic hydroxyl groups is 1. The van der Waals surface area contributed by atoms with Crippen LogP contribution >= 0.6 is 0 Å². The molecular weight excluding hydrogens is 784 g/mol. The van der Waals surface area contributed by atoms with Crippen molar-refractivity contribution in [1.29, 1.82) is 0 Å². The molecule has 0 aliphatic heterocycles. The number of imidazole rings is 1. The summed E-state index contributed by atoms with van der Waals surface area (Å²) >= 11 is 0. The van der Waals surface area contributed by atoms with Crippen LogP contribution in [0.2, 0.25) is 0 Å². The number of phenols is 1. The average molecular weight is 825 g/mol. The van der Waals surface area contributed by atoms with Gasteiger partial charge in [-0.3, -0.25) is 9.55 Å². The van der Waals surface area contributed by atoms with E-state index in [0.29, 0.717) is 11.4 Å². The van der Waals surface area contributed by atoms with Crippen molar-refractivity contribution in [2.75, 3.05) is 0 Å². The fourth-order valence-electron chi connectivity index (χ4n) is 6.48. The standard InChI is InChI=1S/C43H41N4O.Pt/c1-26-20-21-45-38-33(26)10-9-11-34(38)28-22-29(25-44-24-28)35-18-12-27(2)40-39(35)46-41(36-23-31(43(6,7)8)15-19-37(36)48)47(40)32-16-13-30(14-17-32)42(3,4)5;/h9-21,23-25,48H,1-8H3;/q-1;. The summed E-state index contributed by atoms with van der Waals surface area (Å²) in [7, 11) is 0. The van der Waals surface area contributed by atoms with Gasteiger partial charge in [0, 0.05) is 38.5 Å². The van der Waals surface area contributed by atoms with Crippen molar-refractivity contribution in [2.24, 2.45) is 0 Å². The van der Waals surface area contributed by atoms with Crippen molar-refractivity contribution in [1.82, 2.24) is 19.5 Å². The Labute approximate surface area is 303 Å². The van der Waals surface area contributed by atoms with Crippen LogP contribution < -0.4 is 0 Å². The minimum Gasteiger partial charge on any atom is -0.507 e. The van der Waals surface area contributed by atoms with Crippen LogP contribution in [-0.4, -0.2) is 24.6 Å². The van der Waals surface area contributed by atoms with E-state index in [1.54, 1.807) is 6.07 Å². The number of para-hydroxylation sites is 1. The maximum atomic E-state index is 11.4. The van der Waals surface area contributed by atoms with Crippen LogP contribution in [0.1, 0.15) is 63.8 Å². The molecular formula is C43H41N4OPt-. The van der Waals surface area contributed by atoms with Crippen molar-refractivity contribution in [3.8, 4) is 45.1 Å². The van der Waals surface area contributed by atoms with E-state index in [9.17, 15) is 5.11 Å². The third-order valence-corrected chi connectivity index (χ3v) is 9.35. The molecule has 3 heterocycles. The molecule has 0 amide bonds. The maximum absolute atomic E-state index is 11.4. The minimum absolute atomic E-state index is 0. The summed E-state index contributed by atoms with van der Waals surface area (Å²) in [4.78, 5) is 14.8. The summed E-state index contributed by atoms with van der Waals surface area (Å²) in [6.45, 7) is 17.4. The van der Waals surface area contributed by atoms with Crippen molar-refractivity contribution >= 4 is 21.9 Å². The van der Waals surface area contributed by atoms with Crippen molar-refractivity contribution < 1.29 is 26.2 Å². The Morgan fingerprint density at radius 2 is 1.33 bits per heavy atom. The Balaban J connectivity index is 0.00000417.